The lowest BCUT2D eigenvalue weighted by Crippen LogP contribution is -2.32. The molecule has 3 aromatic rings. The third-order valence-electron chi connectivity index (χ3n) is 4.69. The fourth-order valence-electron chi connectivity index (χ4n) is 3.16. The molecule has 1 heterocycles. The number of hydrogen-bond donors (Lipinski definition) is 1. The number of nitrogens with zero attached hydrogens (tertiary/aromatic N) is 3. The average Bonchev–Trinajstić information content (AvgIpc) is 2.75. The van der Waals surface area contributed by atoms with Crippen molar-refractivity contribution in [1.29, 1.82) is 0 Å². The molecule has 1 amide bonds. The van der Waals surface area contributed by atoms with Crippen molar-refractivity contribution in [3.63, 3.8) is 0 Å². The Labute approximate surface area is 172 Å². The van der Waals surface area contributed by atoms with Crippen molar-refractivity contribution in [2.45, 2.75) is 33.6 Å². The second-order valence-corrected chi connectivity index (χ2v) is 7.16. The number of benzene rings is 2. The van der Waals surface area contributed by atoms with Crippen molar-refractivity contribution < 1.29 is 4.79 Å². The van der Waals surface area contributed by atoms with E-state index in [4.69, 9.17) is 0 Å². The van der Waals surface area contributed by atoms with E-state index in [0.29, 0.717) is 11.4 Å². The summed E-state index contributed by atoms with van der Waals surface area (Å²) in [6.45, 7) is 7.82. The van der Waals surface area contributed by atoms with Crippen LogP contribution < -0.4 is 5.32 Å². The van der Waals surface area contributed by atoms with Gasteiger partial charge >= 0.3 is 0 Å². The lowest BCUT2D eigenvalue weighted by Gasteiger charge is -2.21. The van der Waals surface area contributed by atoms with E-state index in [2.05, 4.69) is 48.4 Å². The zero-order valence-electron chi connectivity index (χ0n) is 17.4. The van der Waals surface area contributed by atoms with Crippen LogP contribution in [0.5, 0.6) is 0 Å². The fourth-order valence-corrected chi connectivity index (χ4v) is 3.16. The van der Waals surface area contributed by atoms with Gasteiger partial charge in [-0.05, 0) is 56.2 Å². The van der Waals surface area contributed by atoms with Gasteiger partial charge < -0.3 is 10.2 Å². The van der Waals surface area contributed by atoms with Crippen LogP contribution in [-0.4, -0.2) is 34.1 Å². The Balaban J connectivity index is 1.66. The minimum Gasteiger partial charge on any atom is -0.339 e. The standard InChI is InChI=1S/C24H28N4O/c1-4-16-28(17-5-2)24(29)20-10-12-21(13-11-20)25-23-15-14-22(26-27-23)19-8-6-18(3)7-9-19/h6-15H,4-5,16-17H2,1-3H3,(H,25,27). The molecule has 1 N–H and O–H groups in total. The minimum absolute atomic E-state index is 0.0856. The highest BCUT2D eigenvalue weighted by atomic mass is 16.2. The molecule has 3 rings (SSSR count). The topological polar surface area (TPSA) is 58.1 Å². The van der Waals surface area contributed by atoms with Gasteiger partial charge in [0, 0.05) is 29.9 Å². The summed E-state index contributed by atoms with van der Waals surface area (Å²) in [4.78, 5) is 14.6. The van der Waals surface area contributed by atoms with Gasteiger partial charge in [-0.15, -0.1) is 10.2 Å². The second kappa shape index (κ2) is 9.82. The maximum Gasteiger partial charge on any atom is 0.253 e. The smallest absolute Gasteiger partial charge is 0.253 e. The summed E-state index contributed by atoms with van der Waals surface area (Å²) < 4.78 is 0. The highest BCUT2D eigenvalue weighted by Crippen LogP contribution is 2.20. The summed E-state index contributed by atoms with van der Waals surface area (Å²) in [5, 5.41) is 11.8. The summed E-state index contributed by atoms with van der Waals surface area (Å²) in [5.74, 6) is 0.751. The monoisotopic (exact) mass is 388 g/mol. The summed E-state index contributed by atoms with van der Waals surface area (Å²) in [6.07, 6.45) is 1.92. The number of aromatic nitrogens is 2. The van der Waals surface area contributed by atoms with Gasteiger partial charge in [-0.3, -0.25) is 4.79 Å². The molecule has 0 radical (unpaired) electrons. The van der Waals surface area contributed by atoms with E-state index in [1.807, 2.05) is 53.4 Å². The predicted octanol–water partition coefficient (Wildman–Crippen LogP) is 5.46. The summed E-state index contributed by atoms with van der Waals surface area (Å²) in [6, 6.07) is 19.6. The van der Waals surface area contributed by atoms with Crippen molar-refractivity contribution in [2.24, 2.45) is 0 Å². The number of nitrogens with one attached hydrogen (secondary N) is 1. The Morgan fingerprint density at radius 1 is 0.862 bits per heavy atom. The molecule has 0 aliphatic carbocycles. The van der Waals surface area contributed by atoms with Gasteiger partial charge in [-0.25, -0.2) is 0 Å². The van der Waals surface area contributed by atoms with E-state index in [1.165, 1.54) is 5.56 Å². The van der Waals surface area contributed by atoms with Crippen LogP contribution in [0.3, 0.4) is 0 Å². The van der Waals surface area contributed by atoms with E-state index in [1.54, 1.807) is 0 Å². The molecule has 0 fully saturated rings. The molecule has 0 spiro atoms. The number of anilines is 2. The van der Waals surface area contributed by atoms with E-state index in [0.717, 1.165) is 42.9 Å². The first-order valence-electron chi connectivity index (χ1n) is 10.2. The molecule has 5 heteroatoms. The first-order valence-corrected chi connectivity index (χ1v) is 10.2. The third kappa shape index (κ3) is 5.41. The quantitative estimate of drug-likeness (QED) is 0.557. The molecule has 2 aromatic carbocycles. The number of carbonyl (C=O) groups is 1. The van der Waals surface area contributed by atoms with Crippen LogP contribution in [0.15, 0.2) is 60.7 Å². The maximum atomic E-state index is 12.7. The Bertz CT molecular complexity index is 913. The predicted molar refractivity (Wildman–Crippen MR) is 118 cm³/mol. The van der Waals surface area contributed by atoms with Crippen LogP contribution in [0.25, 0.3) is 11.3 Å². The molecule has 150 valence electrons. The number of carbonyl (C=O) groups excluding carboxylic acids is 1. The van der Waals surface area contributed by atoms with Crippen molar-refractivity contribution in [3.8, 4) is 11.3 Å². The zero-order valence-corrected chi connectivity index (χ0v) is 17.4. The molecule has 0 aliphatic heterocycles. The highest BCUT2D eigenvalue weighted by Gasteiger charge is 2.14. The van der Waals surface area contributed by atoms with Crippen molar-refractivity contribution in [1.82, 2.24) is 15.1 Å². The summed E-state index contributed by atoms with van der Waals surface area (Å²) in [5.41, 5.74) is 4.67. The number of amides is 1. The Morgan fingerprint density at radius 2 is 1.52 bits per heavy atom. The van der Waals surface area contributed by atoms with Gasteiger partial charge in [-0.1, -0.05) is 43.7 Å². The van der Waals surface area contributed by atoms with E-state index in [-0.39, 0.29) is 5.91 Å². The SMILES string of the molecule is CCCN(CCC)C(=O)c1ccc(Nc2ccc(-c3ccc(C)cc3)nn2)cc1. The lowest BCUT2D eigenvalue weighted by atomic mass is 10.1. The van der Waals surface area contributed by atoms with Gasteiger partial charge in [0.1, 0.15) is 0 Å². The van der Waals surface area contributed by atoms with Crippen molar-refractivity contribution in [3.05, 3.63) is 71.8 Å². The molecule has 0 saturated carbocycles. The Kier molecular flexibility index (Phi) is 6.95. The van der Waals surface area contributed by atoms with Crippen LogP contribution in [0.4, 0.5) is 11.5 Å². The highest BCUT2D eigenvalue weighted by molar-refractivity contribution is 5.94. The van der Waals surface area contributed by atoms with Gasteiger partial charge in [0.15, 0.2) is 5.82 Å². The number of hydrogen-bond acceptors (Lipinski definition) is 4. The molecule has 0 saturated heterocycles. The van der Waals surface area contributed by atoms with Crippen LogP contribution in [0, 0.1) is 6.92 Å². The van der Waals surface area contributed by atoms with Gasteiger partial charge in [-0.2, -0.15) is 0 Å². The largest absolute Gasteiger partial charge is 0.339 e. The first-order chi connectivity index (χ1) is 14.1. The van der Waals surface area contributed by atoms with E-state index >= 15 is 0 Å². The summed E-state index contributed by atoms with van der Waals surface area (Å²) >= 11 is 0. The molecule has 1 aromatic heterocycles. The van der Waals surface area contributed by atoms with Crippen LogP contribution >= 0.6 is 0 Å². The lowest BCUT2D eigenvalue weighted by molar-refractivity contribution is 0.0755. The fraction of sp³-hybridized carbons (Fsp3) is 0.292. The Hall–Kier alpha value is -3.21. The number of rotatable bonds is 8. The molecule has 5 nitrogen and oxygen atoms in total. The second-order valence-electron chi connectivity index (χ2n) is 7.16. The molecular formula is C24H28N4O. The van der Waals surface area contributed by atoms with Crippen LogP contribution in [-0.2, 0) is 0 Å². The van der Waals surface area contributed by atoms with E-state index < -0.39 is 0 Å². The number of aryl methyl sites for hydroxylation is 1. The van der Waals surface area contributed by atoms with E-state index in [9.17, 15) is 4.79 Å². The van der Waals surface area contributed by atoms with Crippen molar-refractivity contribution >= 4 is 17.4 Å². The maximum absolute atomic E-state index is 12.7. The van der Waals surface area contributed by atoms with Gasteiger partial charge in [0.25, 0.3) is 5.91 Å². The molecular weight excluding hydrogens is 360 g/mol. The molecule has 0 bridgehead atoms. The molecule has 0 unspecified atom stereocenters. The van der Waals surface area contributed by atoms with Crippen molar-refractivity contribution in [2.75, 3.05) is 18.4 Å². The molecule has 0 atom stereocenters. The average molecular weight is 389 g/mol. The normalized spacial score (nSPS) is 10.6. The minimum atomic E-state index is 0.0856. The van der Waals surface area contributed by atoms with Crippen LogP contribution in [0.2, 0.25) is 0 Å². The zero-order chi connectivity index (χ0) is 20.6. The van der Waals surface area contributed by atoms with Crippen LogP contribution in [0.1, 0.15) is 42.6 Å². The molecule has 0 aliphatic rings. The molecule has 29 heavy (non-hydrogen) atoms. The van der Waals surface area contributed by atoms with Gasteiger partial charge in [0.2, 0.25) is 0 Å². The Morgan fingerprint density at radius 3 is 2.07 bits per heavy atom. The first kappa shape index (κ1) is 20.5. The summed E-state index contributed by atoms with van der Waals surface area (Å²) in [7, 11) is 0. The third-order valence-corrected chi connectivity index (χ3v) is 4.69. The van der Waals surface area contributed by atoms with Gasteiger partial charge in [0.05, 0.1) is 5.69 Å².